The maximum absolute atomic E-state index is 12.7. The lowest BCUT2D eigenvalue weighted by molar-refractivity contribution is -0.138. The Kier molecular flexibility index (Phi) is 5.69. The number of aliphatic carboxylic acids is 1. The second kappa shape index (κ2) is 8.43. The standard InChI is InChI=1S/C22H17F3N2O3S/c23-22(24,25)15-3-1-13(2-4-15)21-27-16(12-31-21)7-8-30-17-5-6-18-14(9-20(28)29)11-26-19(18)10-17/h1-6,10-12,26H,7-9H2,(H,28,29). The van der Waals surface area contributed by atoms with Crippen LogP contribution in [0.2, 0.25) is 0 Å². The van der Waals surface area contributed by atoms with Crippen molar-refractivity contribution in [3.63, 3.8) is 0 Å². The van der Waals surface area contributed by atoms with E-state index in [0.29, 0.717) is 34.9 Å². The quantitative estimate of drug-likeness (QED) is 0.390. The van der Waals surface area contributed by atoms with Crippen molar-refractivity contribution in [1.29, 1.82) is 0 Å². The first-order valence-corrected chi connectivity index (χ1v) is 10.2. The van der Waals surface area contributed by atoms with Crippen molar-refractivity contribution in [3.8, 4) is 16.3 Å². The van der Waals surface area contributed by atoms with Gasteiger partial charge in [-0.2, -0.15) is 13.2 Å². The van der Waals surface area contributed by atoms with Crippen LogP contribution in [-0.2, 0) is 23.8 Å². The van der Waals surface area contributed by atoms with Gasteiger partial charge in [0.25, 0.3) is 0 Å². The summed E-state index contributed by atoms with van der Waals surface area (Å²) >= 11 is 1.37. The summed E-state index contributed by atoms with van der Waals surface area (Å²) in [7, 11) is 0. The Hall–Kier alpha value is -3.33. The molecule has 0 atom stereocenters. The predicted molar refractivity (Wildman–Crippen MR) is 111 cm³/mol. The summed E-state index contributed by atoms with van der Waals surface area (Å²) in [6.45, 7) is 0.379. The zero-order valence-electron chi connectivity index (χ0n) is 16.1. The summed E-state index contributed by atoms with van der Waals surface area (Å²) in [6, 6.07) is 10.4. The molecule has 0 radical (unpaired) electrons. The number of benzene rings is 2. The first kappa shape index (κ1) is 20.9. The highest BCUT2D eigenvalue weighted by atomic mass is 32.1. The number of hydrogen-bond donors (Lipinski definition) is 2. The molecule has 0 fully saturated rings. The topological polar surface area (TPSA) is 75.2 Å². The highest BCUT2D eigenvalue weighted by molar-refractivity contribution is 7.13. The maximum Gasteiger partial charge on any atom is 0.416 e. The zero-order chi connectivity index (χ0) is 22.0. The van der Waals surface area contributed by atoms with Gasteiger partial charge in [-0.3, -0.25) is 4.79 Å². The fourth-order valence-corrected chi connectivity index (χ4v) is 4.05. The Morgan fingerprint density at radius 1 is 1.16 bits per heavy atom. The fourth-order valence-electron chi connectivity index (χ4n) is 3.19. The molecule has 4 rings (SSSR count). The Balaban J connectivity index is 1.36. The molecule has 0 aliphatic rings. The third-order valence-corrected chi connectivity index (χ3v) is 5.66. The summed E-state index contributed by atoms with van der Waals surface area (Å²) in [5, 5.41) is 12.3. The third kappa shape index (κ3) is 4.88. The zero-order valence-corrected chi connectivity index (χ0v) is 16.9. The summed E-state index contributed by atoms with van der Waals surface area (Å²) in [5.74, 6) is -0.241. The number of ether oxygens (including phenoxy) is 1. The molecular formula is C22H17F3N2O3S. The van der Waals surface area contributed by atoms with E-state index in [1.54, 1.807) is 12.3 Å². The number of fused-ring (bicyclic) bond motifs is 1. The molecule has 0 amide bonds. The molecule has 0 bridgehead atoms. The second-order valence-corrected chi connectivity index (χ2v) is 7.77. The number of thiazole rings is 1. The van der Waals surface area contributed by atoms with Crippen LogP contribution >= 0.6 is 11.3 Å². The van der Waals surface area contributed by atoms with Gasteiger partial charge in [-0.1, -0.05) is 12.1 Å². The Morgan fingerprint density at radius 2 is 1.94 bits per heavy atom. The number of aromatic nitrogens is 2. The molecule has 0 saturated carbocycles. The minimum Gasteiger partial charge on any atom is -0.493 e. The molecule has 31 heavy (non-hydrogen) atoms. The van der Waals surface area contributed by atoms with Crippen molar-refractivity contribution in [2.75, 3.05) is 6.61 Å². The number of rotatable bonds is 7. The summed E-state index contributed by atoms with van der Waals surface area (Å²) in [4.78, 5) is 18.4. The number of hydrogen-bond acceptors (Lipinski definition) is 4. The van der Waals surface area contributed by atoms with E-state index in [0.717, 1.165) is 28.7 Å². The van der Waals surface area contributed by atoms with Crippen molar-refractivity contribution in [2.24, 2.45) is 0 Å². The van der Waals surface area contributed by atoms with Crippen LogP contribution in [0.3, 0.4) is 0 Å². The van der Waals surface area contributed by atoms with Gasteiger partial charge < -0.3 is 14.8 Å². The number of carboxylic acid groups (broad SMARTS) is 1. The normalized spacial score (nSPS) is 11.7. The van der Waals surface area contributed by atoms with Crippen molar-refractivity contribution in [3.05, 3.63) is 70.9 Å². The minimum absolute atomic E-state index is 0.0503. The average molecular weight is 446 g/mol. The van der Waals surface area contributed by atoms with Crippen LogP contribution in [0.4, 0.5) is 13.2 Å². The fraction of sp³-hybridized carbons (Fsp3) is 0.182. The SMILES string of the molecule is O=C(O)Cc1c[nH]c2cc(OCCc3csc(-c4ccc(C(F)(F)F)cc4)n3)ccc12. The number of H-pyrrole nitrogens is 1. The summed E-state index contributed by atoms with van der Waals surface area (Å²) in [6.07, 6.45) is -2.18. The molecule has 5 nitrogen and oxygen atoms in total. The molecule has 4 aromatic rings. The highest BCUT2D eigenvalue weighted by Crippen LogP contribution is 2.32. The van der Waals surface area contributed by atoms with Crippen LogP contribution in [0.5, 0.6) is 5.75 Å². The van der Waals surface area contributed by atoms with Crippen molar-refractivity contribution >= 4 is 28.2 Å². The van der Waals surface area contributed by atoms with Gasteiger partial charge in [-0.05, 0) is 29.8 Å². The van der Waals surface area contributed by atoms with Gasteiger partial charge in [-0.15, -0.1) is 11.3 Å². The Morgan fingerprint density at radius 3 is 2.65 bits per heavy atom. The molecule has 0 saturated heterocycles. The first-order chi connectivity index (χ1) is 14.8. The van der Waals surface area contributed by atoms with Crippen LogP contribution in [0, 0.1) is 0 Å². The molecule has 0 unspecified atom stereocenters. The van der Waals surface area contributed by atoms with E-state index in [4.69, 9.17) is 9.84 Å². The van der Waals surface area contributed by atoms with E-state index < -0.39 is 17.7 Å². The molecule has 2 aromatic heterocycles. The van der Waals surface area contributed by atoms with Gasteiger partial charge in [0.15, 0.2) is 0 Å². The van der Waals surface area contributed by atoms with E-state index >= 15 is 0 Å². The van der Waals surface area contributed by atoms with Crippen LogP contribution < -0.4 is 4.74 Å². The van der Waals surface area contributed by atoms with Gasteiger partial charge in [0.2, 0.25) is 0 Å². The van der Waals surface area contributed by atoms with Crippen molar-refractivity contribution in [1.82, 2.24) is 9.97 Å². The molecule has 2 aromatic carbocycles. The number of alkyl halides is 3. The largest absolute Gasteiger partial charge is 0.493 e. The van der Waals surface area contributed by atoms with Crippen LogP contribution in [-0.4, -0.2) is 27.7 Å². The van der Waals surface area contributed by atoms with E-state index in [1.807, 2.05) is 17.5 Å². The minimum atomic E-state index is -4.36. The van der Waals surface area contributed by atoms with Crippen LogP contribution in [0.1, 0.15) is 16.8 Å². The van der Waals surface area contributed by atoms with E-state index in [1.165, 1.54) is 23.5 Å². The monoisotopic (exact) mass is 446 g/mol. The predicted octanol–water partition coefficient (Wildman–Crippen LogP) is 5.56. The molecule has 2 N–H and O–H groups in total. The summed E-state index contributed by atoms with van der Waals surface area (Å²) in [5.41, 5.74) is 2.26. The average Bonchev–Trinajstić information content (AvgIpc) is 3.34. The lowest BCUT2D eigenvalue weighted by Crippen LogP contribution is -2.04. The lowest BCUT2D eigenvalue weighted by atomic mass is 10.1. The Bertz CT molecular complexity index is 1210. The van der Waals surface area contributed by atoms with Gasteiger partial charge in [-0.25, -0.2) is 4.98 Å². The third-order valence-electron chi connectivity index (χ3n) is 4.72. The van der Waals surface area contributed by atoms with Crippen molar-refractivity contribution < 1.29 is 27.8 Å². The first-order valence-electron chi connectivity index (χ1n) is 9.36. The molecule has 0 aliphatic carbocycles. The van der Waals surface area contributed by atoms with E-state index in [-0.39, 0.29) is 6.42 Å². The number of aromatic amines is 1. The second-order valence-electron chi connectivity index (χ2n) is 6.91. The Labute approximate surface area is 179 Å². The van der Waals surface area contributed by atoms with Gasteiger partial charge in [0.1, 0.15) is 10.8 Å². The van der Waals surface area contributed by atoms with E-state index in [2.05, 4.69) is 9.97 Å². The van der Waals surface area contributed by atoms with Crippen LogP contribution in [0.25, 0.3) is 21.5 Å². The number of carboxylic acids is 1. The highest BCUT2D eigenvalue weighted by Gasteiger charge is 2.30. The van der Waals surface area contributed by atoms with Crippen LogP contribution in [0.15, 0.2) is 54.0 Å². The molecule has 9 heteroatoms. The summed E-state index contributed by atoms with van der Waals surface area (Å²) < 4.78 is 43.9. The van der Waals surface area contributed by atoms with Gasteiger partial charge in [0.05, 0.1) is 24.3 Å². The van der Waals surface area contributed by atoms with Gasteiger partial charge >= 0.3 is 12.1 Å². The van der Waals surface area contributed by atoms with E-state index in [9.17, 15) is 18.0 Å². The number of nitrogens with one attached hydrogen (secondary N) is 1. The van der Waals surface area contributed by atoms with Gasteiger partial charge in [0, 0.05) is 40.5 Å². The molecule has 2 heterocycles. The molecule has 0 spiro atoms. The molecule has 0 aliphatic heterocycles. The number of nitrogens with zero attached hydrogens (tertiary/aromatic N) is 1. The lowest BCUT2D eigenvalue weighted by Gasteiger charge is -2.06. The molecule has 160 valence electrons. The number of carbonyl (C=O) groups is 1. The maximum atomic E-state index is 12.7. The molecular weight excluding hydrogens is 429 g/mol. The smallest absolute Gasteiger partial charge is 0.416 e. The van der Waals surface area contributed by atoms with Crippen molar-refractivity contribution in [2.45, 2.75) is 19.0 Å². The number of halogens is 3.